The van der Waals surface area contributed by atoms with Crippen LogP contribution in [0.3, 0.4) is 0 Å². The fraction of sp³-hybridized carbons (Fsp3) is 0.636. The number of hydrogen-bond donors (Lipinski definition) is 2. The van der Waals surface area contributed by atoms with E-state index in [0.29, 0.717) is 6.61 Å². The molecule has 0 unspecified atom stereocenters. The van der Waals surface area contributed by atoms with Crippen molar-refractivity contribution in [3.63, 3.8) is 0 Å². The second-order valence-electron chi connectivity index (χ2n) is 3.97. The maximum absolute atomic E-state index is 12.6. The Morgan fingerprint density at radius 1 is 1.26 bits per heavy atom. The monoisotopic (exact) mass is 278 g/mol. The molecule has 3 N–H and O–H groups in total. The van der Waals surface area contributed by atoms with Gasteiger partial charge in [-0.2, -0.15) is 18.2 Å². The first-order chi connectivity index (χ1) is 8.97. The van der Waals surface area contributed by atoms with Gasteiger partial charge in [-0.3, -0.25) is 5.43 Å². The number of hydrogen-bond acceptors (Lipinski definition) is 5. The van der Waals surface area contributed by atoms with Gasteiger partial charge in [-0.15, -0.1) is 0 Å². The first-order valence-corrected chi connectivity index (χ1v) is 6.03. The molecule has 0 saturated carbocycles. The van der Waals surface area contributed by atoms with E-state index in [2.05, 4.69) is 16.9 Å². The number of rotatable bonds is 7. The van der Waals surface area contributed by atoms with Crippen LogP contribution in [0, 0.1) is 0 Å². The normalized spacial score (nSPS) is 11.4. The van der Waals surface area contributed by atoms with Gasteiger partial charge in [0.2, 0.25) is 11.8 Å². The summed E-state index contributed by atoms with van der Waals surface area (Å²) in [5.41, 5.74) is 0.904. The van der Waals surface area contributed by atoms with E-state index in [4.69, 9.17) is 10.6 Å². The van der Waals surface area contributed by atoms with Crippen molar-refractivity contribution in [2.45, 2.75) is 38.8 Å². The van der Waals surface area contributed by atoms with Gasteiger partial charge in [0.05, 0.1) is 6.61 Å². The summed E-state index contributed by atoms with van der Waals surface area (Å²) >= 11 is 0. The summed E-state index contributed by atoms with van der Waals surface area (Å²) in [5, 5.41) is 0. The average molecular weight is 278 g/mol. The van der Waals surface area contributed by atoms with Crippen LogP contribution in [0.4, 0.5) is 19.1 Å². The van der Waals surface area contributed by atoms with Gasteiger partial charge in [-0.1, -0.05) is 26.2 Å². The maximum Gasteiger partial charge on any atom is 0.433 e. The molecule has 1 aromatic heterocycles. The molecular weight excluding hydrogens is 261 g/mol. The Hall–Kier alpha value is -1.57. The number of nitrogens with two attached hydrogens (primary N) is 1. The van der Waals surface area contributed by atoms with Gasteiger partial charge in [0, 0.05) is 6.07 Å². The number of aromatic nitrogens is 2. The van der Waals surface area contributed by atoms with E-state index < -0.39 is 11.9 Å². The third kappa shape index (κ3) is 5.29. The van der Waals surface area contributed by atoms with E-state index in [9.17, 15) is 13.2 Å². The van der Waals surface area contributed by atoms with Crippen LogP contribution in [-0.4, -0.2) is 16.6 Å². The third-order valence-corrected chi connectivity index (χ3v) is 2.37. The Bertz CT molecular complexity index is 398. The molecule has 0 amide bonds. The summed E-state index contributed by atoms with van der Waals surface area (Å²) in [6.07, 6.45) is -0.682. The Balaban J connectivity index is 2.67. The molecule has 5 nitrogen and oxygen atoms in total. The quantitative estimate of drug-likeness (QED) is 0.456. The third-order valence-electron chi connectivity index (χ3n) is 2.37. The van der Waals surface area contributed by atoms with Gasteiger partial charge >= 0.3 is 6.18 Å². The van der Waals surface area contributed by atoms with Gasteiger partial charge in [-0.25, -0.2) is 10.8 Å². The SMILES string of the molecule is CCCCCCOc1cc(C(F)(F)F)nc(NN)n1. The molecular formula is C11H17F3N4O. The molecule has 0 aliphatic heterocycles. The second kappa shape index (κ2) is 7.13. The van der Waals surface area contributed by atoms with Crippen molar-refractivity contribution in [2.75, 3.05) is 12.0 Å². The Kier molecular flexibility index (Phi) is 5.81. The van der Waals surface area contributed by atoms with Crippen molar-refractivity contribution in [1.82, 2.24) is 9.97 Å². The molecule has 108 valence electrons. The van der Waals surface area contributed by atoms with Gasteiger partial charge in [0.25, 0.3) is 0 Å². The van der Waals surface area contributed by atoms with E-state index >= 15 is 0 Å². The fourth-order valence-corrected chi connectivity index (χ4v) is 1.41. The molecule has 8 heteroatoms. The van der Waals surface area contributed by atoms with Crippen molar-refractivity contribution < 1.29 is 17.9 Å². The van der Waals surface area contributed by atoms with Gasteiger partial charge in [0.1, 0.15) is 0 Å². The van der Waals surface area contributed by atoms with Gasteiger partial charge in [-0.05, 0) is 6.42 Å². The fourth-order valence-electron chi connectivity index (χ4n) is 1.41. The minimum atomic E-state index is -4.56. The molecule has 0 spiro atoms. The number of nitrogen functional groups attached to an aromatic ring is 1. The minimum absolute atomic E-state index is 0.133. The van der Waals surface area contributed by atoms with Gasteiger partial charge in [0.15, 0.2) is 5.69 Å². The lowest BCUT2D eigenvalue weighted by Gasteiger charge is -2.10. The highest BCUT2D eigenvalue weighted by atomic mass is 19.4. The number of halogens is 3. The lowest BCUT2D eigenvalue weighted by atomic mass is 10.2. The van der Waals surface area contributed by atoms with Crippen LogP contribution in [0.25, 0.3) is 0 Å². The molecule has 0 saturated heterocycles. The molecule has 0 bridgehead atoms. The summed E-state index contributed by atoms with van der Waals surface area (Å²) < 4.78 is 42.9. The summed E-state index contributed by atoms with van der Waals surface area (Å²) in [4.78, 5) is 6.94. The topological polar surface area (TPSA) is 73.1 Å². The molecule has 0 aromatic carbocycles. The second-order valence-corrected chi connectivity index (χ2v) is 3.97. The van der Waals surface area contributed by atoms with Crippen LogP contribution in [0.1, 0.15) is 38.3 Å². The molecule has 1 rings (SSSR count). The van der Waals surface area contributed by atoms with Crippen molar-refractivity contribution in [1.29, 1.82) is 0 Å². The number of nitrogens with one attached hydrogen (secondary N) is 1. The molecule has 19 heavy (non-hydrogen) atoms. The molecule has 0 aliphatic rings. The Morgan fingerprint density at radius 3 is 2.58 bits per heavy atom. The Labute approximate surface area is 109 Å². The lowest BCUT2D eigenvalue weighted by molar-refractivity contribution is -0.141. The molecule has 0 radical (unpaired) electrons. The van der Waals surface area contributed by atoms with Crippen molar-refractivity contribution in [2.24, 2.45) is 5.84 Å². The summed E-state index contributed by atoms with van der Waals surface area (Å²) in [7, 11) is 0. The van der Waals surface area contributed by atoms with E-state index in [1.807, 2.05) is 5.43 Å². The number of nitrogens with zero attached hydrogens (tertiary/aromatic N) is 2. The maximum atomic E-state index is 12.6. The standard InChI is InChI=1S/C11H17F3N4O/c1-2-3-4-5-6-19-9-7-8(11(12,13)14)16-10(17-9)18-15/h7H,2-6,15H2,1H3,(H,16,17,18). The lowest BCUT2D eigenvalue weighted by Crippen LogP contribution is -2.16. The van der Waals surface area contributed by atoms with Crippen molar-refractivity contribution in [3.8, 4) is 5.88 Å². The van der Waals surface area contributed by atoms with E-state index in [1.165, 1.54) is 0 Å². The minimum Gasteiger partial charge on any atom is -0.478 e. The predicted molar refractivity (Wildman–Crippen MR) is 64.5 cm³/mol. The van der Waals surface area contributed by atoms with Gasteiger partial charge < -0.3 is 4.74 Å². The zero-order valence-corrected chi connectivity index (χ0v) is 10.6. The molecule has 1 aromatic rings. The van der Waals surface area contributed by atoms with E-state index in [0.717, 1.165) is 31.7 Å². The first kappa shape index (κ1) is 15.5. The highest BCUT2D eigenvalue weighted by Crippen LogP contribution is 2.30. The van der Waals surface area contributed by atoms with E-state index in [-0.39, 0.29) is 11.8 Å². The van der Waals surface area contributed by atoms with Crippen molar-refractivity contribution >= 4 is 5.95 Å². The largest absolute Gasteiger partial charge is 0.478 e. The highest BCUT2D eigenvalue weighted by molar-refractivity contribution is 5.30. The van der Waals surface area contributed by atoms with Crippen LogP contribution in [0.2, 0.25) is 0 Å². The van der Waals surface area contributed by atoms with Crippen LogP contribution >= 0.6 is 0 Å². The Morgan fingerprint density at radius 2 is 2.00 bits per heavy atom. The molecule has 0 aliphatic carbocycles. The van der Waals surface area contributed by atoms with Crippen molar-refractivity contribution in [3.05, 3.63) is 11.8 Å². The molecule has 0 fully saturated rings. The number of alkyl halides is 3. The summed E-state index contributed by atoms with van der Waals surface area (Å²) in [6, 6.07) is 0.765. The van der Waals surface area contributed by atoms with Crippen LogP contribution in [0.5, 0.6) is 5.88 Å². The smallest absolute Gasteiger partial charge is 0.433 e. The highest BCUT2D eigenvalue weighted by Gasteiger charge is 2.34. The average Bonchev–Trinajstić information content (AvgIpc) is 2.37. The molecule has 0 atom stereocenters. The van der Waals surface area contributed by atoms with Crippen LogP contribution < -0.4 is 16.0 Å². The van der Waals surface area contributed by atoms with Crippen LogP contribution in [0.15, 0.2) is 6.07 Å². The number of unbranched alkanes of at least 4 members (excludes halogenated alkanes) is 3. The first-order valence-electron chi connectivity index (χ1n) is 6.03. The zero-order chi connectivity index (χ0) is 14.3. The zero-order valence-electron chi connectivity index (χ0n) is 10.6. The number of hydrazine groups is 1. The van der Waals surface area contributed by atoms with E-state index in [1.54, 1.807) is 0 Å². The summed E-state index contributed by atoms with van der Waals surface area (Å²) in [5.74, 6) is 4.57. The predicted octanol–water partition coefficient (Wildman–Crippen LogP) is 2.74. The number of ether oxygens (including phenoxy) is 1. The molecule has 1 heterocycles. The van der Waals surface area contributed by atoms with Crippen LogP contribution in [-0.2, 0) is 6.18 Å². The summed E-state index contributed by atoms with van der Waals surface area (Å²) in [6.45, 7) is 2.39. The number of anilines is 1.